The Balaban J connectivity index is 1.52. The van der Waals surface area contributed by atoms with Crippen LogP contribution in [0.2, 0.25) is 0 Å². The van der Waals surface area contributed by atoms with Crippen LogP contribution in [0.3, 0.4) is 0 Å². The van der Waals surface area contributed by atoms with Crippen molar-refractivity contribution in [1.29, 1.82) is 0 Å². The van der Waals surface area contributed by atoms with Crippen LogP contribution in [-0.4, -0.2) is 25.7 Å². The molecule has 0 saturated carbocycles. The first kappa shape index (κ1) is 25.7. The van der Waals surface area contributed by atoms with Gasteiger partial charge in [-0.15, -0.1) is 10.2 Å². The average molecular weight is 529 g/mol. The molecule has 0 atom stereocenters. The van der Waals surface area contributed by atoms with E-state index in [4.69, 9.17) is 0 Å². The minimum atomic E-state index is -4.54. The Morgan fingerprint density at radius 2 is 1.73 bits per heavy atom. The summed E-state index contributed by atoms with van der Waals surface area (Å²) in [5.41, 5.74) is 0.592. The first-order valence-corrected chi connectivity index (χ1v) is 11.8. The number of thioether (sulfide) groups is 1. The number of nitro groups is 1. The van der Waals surface area contributed by atoms with E-state index in [1.54, 1.807) is 16.7 Å². The minimum absolute atomic E-state index is 0.0248. The molecule has 1 heterocycles. The SMILES string of the molecule is O=C(NCc1nnc(SCc2ccccc2)n1-c1ccc([N+](=O)[O-])cc1)Nc1cccc(C(F)(F)F)c1. The second-order valence-electron chi connectivity index (χ2n) is 7.67. The summed E-state index contributed by atoms with van der Waals surface area (Å²) in [6.45, 7) is -0.110. The topological polar surface area (TPSA) is 115 Å². The van der Waals surface area contributed by atoms with E-state index in [2.05, 4.69) is 20.8 Å². The number of hydrogen-bond acceptors (Lipinski definition) is 6. The quantitative estimate of drug-likeness (QED) is 0.170. The molecule has 0 saturated heterocycles. The summed E-state index contributed by atoms with van der Waals surface area (Å²) in [6.07, 6.45) is -4.54. The van der Waals surface area contributed by atoms with Crippen LogP contribution in [-0.2, 0) is 18.5 Å². The van der Waals surface area contributed by atoms with Crippen LogP contribution in [0.5, 0.6) is 0 Å². The predicted molar refractivity (Wildman–Crippen MR) is 131 cm³/mol. The van der Waals surface area contributed by atoms with Crippen LogP contribution in [0.4, 0.5) is 29.3 Å². The van der Waals surface area contributed by atoms with E-state index in [0.717, 1.165) is 17.7 Å². The Kier molecular flexibility index (Phi) is 7.72. The van der Waals surface area contributed by atoms with Gasteiger partial charge in [-0.05, 0) is 35.9 Å². The number of carbonyl (C=O) groups is 1. The van der Waals surface area contributed by atoms with Gasteiger partial charge in [0.2, 0.25) is 0 Å². The van der Waals surface area contributed by atoms with E-state index in [9.17, 15) is 28.1 Å². The van der Waals surface area contributed by atoms with Crippen molar-refractivity contribution in [3.05, 3.63) is 106 Å². The fraction of sp³-hybridized carbons (Fsp3) is 0.125. The standard InChI is InChI=1S/C24H19F3N6O3S/c25-24(26,27)17-7-4-8-18(13-17)29-22(34)28-14-21-30-31-23(37-15-16-5-2-1-3-6-16)32(21)19-9-11-20(12-10-19)33(35)36/h1-13H,14-15H2,(H2,28,29,34). The summed E-state index contributed by atoms with van der Waals surface area (Å²) < 4.78 is 40.5. The molecule has 37 heavy (non-hydrogen) atoms. The third-order valence-electron chi connectivity index (χ3n) is 5.08. The lowest BCUT2D eigenvalue weighted by Crippen LogP contribution is -2.29. The van der Waals surface area contributed by atoms with Gasteiger partial charge in [-0.1, -0.05) is 48.2 Å². The number of nitrogens with zero attached hydrogens (tertiary/aromatic N) is 4. The number of nitrogens with one attached hydrogen (secondary N) is 2. The van der Waals surface area contributed by atoms with E-state index in [-0.39, 0.29) is 17.9 Å². The second kappa shape index (κ2) is 11.1. The van der Waals surface area contributed by atoms with Crippen LogP contribution < -0.4 is 10.6 Å². The number of non-ortho nitro benzene ring substituents is 1. The fourth-order valence-corrected chi connectivity index (χ4v) is 4.25. The molecule has 0 unspecified atom stereocenters. The van der Waals surface area contributed by atoms with Gasteiger partial charge in [-0.25, -0.2) is 4.79 Å². The predicted octanol–water partition coefficient (Wildman–Crippen LogP) is 5.81. The summed E-state index contributed by atoms with van der Waals surface area (Å²) in [4.78, 5) is 22.9. The number of halogens is 3. The normalized spacial score (nSPS) is 11.2. The van der Waals surface area contributed by atoms with E-state index in [1.807, 2.05) is 30.3 Å². The highest BCUT2D eigenvalue weighted by atomic mass is 32.2. The molecular weight excluding hydrogens is 509 g/mol. The summed E-state index contributed by atoms with van der Waals surface area (Å²) in [7, 11) is 0. The highest BCUT2D eigenvalue weighted by molar-refractivity contribution is 7.98. The zero-order valence-electron chi connectivity index (χ0n) is 19.0. The van der Waals surface area contributed by atoms with Crippen molar-refractivity contribution < 1.29 is 22.9 Å². The molecule has 13 heteroatoms. The van der Waals surface area contributed by atoms with Gasteiger partial charge in [0.25, 0.3) is 5.69 Å². The average Bonchev–Trinajstić information content (AvgIpc) is 3.29. The van der Waals surface area contributed by atoms with E-state index in [0.29, 0.717) is 22.4 Å². The molecule has 4 rings (SSSR count). The molecule has 2 amide bonds. The fourth-order valence-electron chi connectivity index (χ4n) is 3.32. The van der Waals surface area contributed by atoms with Crippen LogP contribution in [0, 0.1) is 10.1 Å². The Morgan fingerprint density at radius 3 is 2.41 bits per heavy atom. The van der Waals surface area contributed by atoms with Gasteiger partial charge in [0.1, 0.15) is 0 Å². The number of amides is 2. The highest BCUT2D eigenvalue weighted by Crippen LogP contribution is 2.31. The minimum Gasteiger partial charge on any atom is -0.331 e. The van der Waals surface area contributed by atoms with Crippen LogP contribution in [0.25, 0.3) is 5.69 Å². The number of urea groups is 1. The van der Waals surface area contributed by atoms with Crippen LogP contribution in [0.15, 0.2) is 84.0 Å². The number of aromatic nitrogens is 3. The number of hydrogen-bond donors (Lipinski definition) is 2. The molecule has 0 bridgehead atoms. The molecule has 0 aliphatic rings. The van der Waals surface area contributed by atoms with Gasteiger partial charge in [0, 0.05) is 29.3 Å². The third-order valence-corrected chi connectivity index (χ3v) is 6.08. The van der Waals surface area contributed by atoms with Crippen molar-refractivity contribution in [2.24, 2.45) is 0 Å². The van der Waals surface area contributed by atoms with Gasteiger partial charge < -0.3 is 10.6 Å². The zero-order chi connectivity index (χ0) is 26.4. The van der Waals surface area contributed by atoms with Crippen molar-refractivity contribution in [3.63, 3.8) is 0 Å². The van der Waals surface area contributed by atoms with Gasteiger partial charge >= 0.3 is 12.2 Å². The third kappa shape index (κ3) is 6.64. The van der Waals surface area contributed by atoms with E-state index >= 15 is 0 Å². The molecule has 3 aromatic carbocycles. The molecule has 0 radical (unpaired) electrons. The van der Waals surface area contributed by atoms with Crippen LogP contribution in [0.1, 0.15) is 17.0 Å². The molecule has 2 N–H and O–H groups in total. The molecule has 4 aromatic rings. The lowest BCUT2D eigenvalue weighted by molar-refractivity contribution is -0.384. The van der Waals surface area contributed by atoms with Crippen molar-refractivity contribution in [3.8, 4) is 5.69 Å². The first-order chi connectivity index (χ1) is 17.7. The van der Waals surface area contributed by atoms with Gasteiger partial charge in [0.15, 0.2) is 11.0 Å². The Bertz CT molecular complexity index is 1400. The van der Waals surface area contributed by atoms with Crippen molar-refractivity contribution in [1.82, 2.24) is 20.1 Å². The van der Waals surface area contributed by atoms with Crippen molar-refractivity contribution in [2.75, 3.05) is 5.32 Å². The summed E-state index contributed by atoms with van der Waals surface area (Å²) in [6, 6.07) is 19.0. The maximum absolute atomic E-state index is 12.9. The molecular formula is C24H19F3N6O3S. The maximum atomic E-state index is 12.9. The molecule has 0 aliphatic heterocycles. The number of benzene rings is 3. The molecule has 0 spiro atoms. The smallest absolute Gasteiger partial charge is 0.331 e. The Morgan fingerprint density at radius 1 is 1.00 bits per heavy atom. The Labute approximate surface area is 212 Å². The van der Waals surface area contributed by atoms with Crippen LogP contribution >= 0.6 is 11.8 Å². The lowest BCUT2D eigenvalue weighted by atomic mass is 10.2. The number of nitro benzene ring substituents is 1. The molecule has 0 aliphatic carbocycles. The van der Waals surface area contributed by atoms with E-state index in [1.165, 1.54) is 36.0 Å². The number of alkyl halides is 3. The Hall–Kier alpha value is -4.39. The number of rotatable bonds is 8. The van der Waals surface area contributed by atoms with Gasteiger partial charge in [-0.3, -0.25) is 14.7 Å². The highest BCUT2D eigenvalue weighted by Gasteiger charge is 2.30. The van der Waals surface area contributed by atoms with E-state index < -0.39 is 22.7 Å². The lowest BCUT2D eigenvalue weighted by Gasteiger charge is -2.12. The summed E-state index contributed by atoms with van der Waals surface area (Å²) in [5.74, 6) is 0.902. The number of anilines is 1. The number of carbonyl (C=O) groups excluding carboxylic acids is 1. The van der Waals surface area contributed by atoms with Crippen molar-refractivity contribution >= 4 is 29.2 Å². The second-order valence-corrected chi connectivity index (χ2v) is 8.61. The molecule has 190 valence electrons. The summed E-state index contributed by atoms with van der Waals surface area (Å²) in [5, 5.41) is 24.8. The molecule has 9 nitrogen and oxygen atoms in total. The largest absolute Gasteiger partial charge is 0.416 e. The van der Waals surface area contributed by atoms with Crippen molar-refractivity contribution in [2.45, 2.75) is 23.6 Å². The summed E-state index contributed by atoms with van der Waals surface area (Å²) >= 11 is 1.39. The first-order valence-electron chi connectivity index (χ1n) is 10.8. The van der Waals surface area contributed by atoms with Gasteiger partial charge in [0.05, 0.1) is 17.0 Å². The monoisotopic (exact) mass is 528 g/mol. The zero-order valence-corrected chi connectivity index (χ0v) is 19.8. The van der Waals surface area contributed by atoms with Gasteiger partial charge in [-0.2, -0.15) is 13.2 Å². The molecule has 0 fully saturated rings. The maximum Gasteiger partial charge on any atom is 0.416 e. The molecule has 1 aromatic heterocycles.